The molecule has 1 aliphatic heterocycles. The third kappa shape index (κ3) is 2.26. The normalized spacial score (nSPS) is 15.8. The molecule has 0 bridgehead atoms. The average molecular weight is 207 g/mol. The Balaban J connectivity index is 2.39. The number of aromatic nitrogens is 2. The minimum absolute atomic E-state index is 0.0397. The predicted molar refractivity (Wildman–Crippen MR) is 58.9 cm³/mol. The van der Waals surface area contributed by atoms with E-state index in [4.69, 9.17) is 0 Å². The Morgan fingerprint density at radius 1 is 1.47 bits per heavy atom. The van der Waals surface area contributed by atoms with Crippen LogP contribution in [0, 0.1) is 0 Å². The van der Waals surface area contributed by atoms with Crippen molar-refractivity contribution in [3.8, 4) is 0 Å². The van der Waals surface area contributed by atoms with Crippen LogP contribution in [0.25, 0.3) is 0 Å². The quantitative estimate of drug-likeness (QED) is 0.752. The van der Waals surface area contributed by atoms with Crippen LogP contribution in [0.5, 0.6) is 0 Å². The molecule has 0 radical (unpaired) electrons. The van der Waals surface area contributed by atoms with Gasteiger partial charge in [0.25, 0.3) is 5.56 Å². The van der Waals surface area contributed by atoms with Gasteiger partial charge in [0, 0.05) is 13.0 Å². The lowest BCUT2D eigenvalue weighted by atomic mass is 10.1. The molecule has 0 atom stereocenters. The number of nitrogens with zero attached hydrogens (tertiary/aromatic N) is 1. The van der Waals surface area contributed by atoms with E-state index < -0.39 is 0 Å². The summed E-state index contributed by atoms with van der Waals surface area (Å²) in [5.41, 5.74) is 1.86. The number of aromatic amines is 1. The number of fused-ring (bicyclic) bond motifs is 1. The van der Waals surface area contributed by atoms with E-state index in [1.165, 1.54) is 0 Å². The molecule has 4 nitrogen and oxygen atoms in total. The van der Waals surface area contributed by atoms with E-state index in [0.29, 0.717) is 6.54 Å². The molecule has 1 aromatic heterocycles. The summed E-state index contributed by atoms with van der Waals surface area (Å²) < 4.78 is 0. The van der Waals surface area contributed by atoms with Crippen molar-refractivity contribution >= 4 is 0 Å². The number of aryl methyl sites for hydroxylation is 2. The SMILES string of the molecule is CCCc1nc2c(c(=O)[nH]1)CNCCC2. The van der Waals surface area contributed by atoms with Crippen molar-refractivity contribution < 1.29 is 0 Å². The maximum absolute atomic E-state index is 11.8. The van der Waals surface area contributed by atoms with Crippen LogP contribution in [-0.4, -0.2) is 16.5 Å². The topological polar surface area (TPSA) is 57.8 Å². The summed E-state index contributed by atoms with van der Waals surface area (Å²) in [6, 6.07) is 0. The molecule has 15 heavy (non-hydrogen) atoms. The van der Waals surface area contributed by atoms with Crippen molar-refractivity contribution in [3.63, 3.8) is 0 Å². The van der Waals surface area contributed by atoms with Gasteiger partial charge in [-0.2, -0.15) is 0 Å². The minimum atomic E-state index is 0.0397. The molecule has 0 aliphatic carbocycles. The zero-order chi connectivity index (χ0) is 10.7. The van der Waals surface area contributed by atoms with E-state index in [0.717, 1.165) is 49.3 Å². The van der Waals surface area contributed by atoms with Gasteiger partial charge in [-0.1, -0.05) is 6.92 Å². The minimum Gasteiger partial charge on any atom is -0.312 e. The smallest absolute Gasteiger partial charge is 0.255 e. The fraction of sp³-hybridized carbons (Fsp3) is 0.636. The molecule has 2 N–H and O–H groups in total. The zero-order valence-electron chi connectivity index (χ0n) is 9.10. The van der Waals surface area contributed by atoms with Gasteiger partial charge in [-0.25, -0.2) is 4.98 Å². The van der Waals surface area contributed by atoms with Gasteiger partial charge in [0.2, 0.25) is 0 Å². The Labute approximate surface area is 89.1 Å². The van der Waals surface area contributed by atoms with Gasteiger partial charge in [0.05, 0.1) is 11.3 Å². The van der Waals surface area contributed by atoms with Crippen molar-refractivity contribution in [2.24, 2.45) is 0 Å². The van der Waals surface area contributed by atoms with Crippen LogP contribution < -0.4 is 10.9 Å². The highest BCUT2D eigenvalue weighted by Crippen LogP contribution is 2.08. The first-order chi connectivity index (χ1) is 7.31. The van der Waals surface area contributed by atoms with Gasteiger partial charge < -0.3 is 10.3 Å². The number of hydrogen-bond acceptors (Lipinski definition) is 3. The van der Waals surface area contributed by atoms with Gasteiger partial charge in [-0.3, -0.25) is 4.79 Å². The first kappa shape index (κ1) is 10.4. The van der Waals surface area contributed by atoms with Crippen LogP contribution in [0.15, 0.2) is 4.79 Å². The molecule has 2 rings (SSSR count). The molecule has 2 heterocycles. The number of nitrogens with one attached hydrogen (secondary N) is 2. The van der Waals surface area contributed by atoms with Crippen LogP contribution in [0.2, 0.25) is 0 Å². The van der Waals surface area contributed by atoms with Crippen molar-refractivity contribution in [3.05, 3.63) is 27.4 Å². The molecule has 82 valence electrons. The van der Waals surface area contributed by atoms with Gasteiger partial charge in [0.1, 0.15) is 5.82 Å². The molecule has 4 heteroatoms. The van der Waals surface area contributed by atoms with Gasteiger partial charge in [-0.15, -0.1) is 0 Å². The van der Waals surface area contributed by atoms with Gasteiger partial charge >= 0.3 is 0 Å². The highest BCUT2D eigenvalue weighted by molar-refractivity contribution is 5.19. The molecule has 0 unspecified atom stereocenters. The molecule has 0 saturated heterocycles. The molecule has 1 aliphatic rings. The zero-order valence-corrected chi connectivity index (χ0v) is 9.10. The Hall–Kier alpha value is -1.16. The summed E-state index contributed by atoms with van der Waals surface area (Å²) in [7, 11) is 0. The van der Waals surface area contributed by atoms with Gasteiger partial charge in [0.15, 0.2) is 0 Å². The van der Waals surface area contributed by atoms with Crippen LogP contribution in [-0.2, 0) is 19.4 Å². The van der Waals surface area contributed by atoms with E-state index in [2.05, 4.69) is 22.2 Å². The molecular formula is C11H17N3O. The van der Waals surface area contributed by atoms with Crippen molar-refractivity contribution in [1.29, 1.82) is 0 Å². The van der Waals surface area contributed by atoms with Gasteiger partial charge in [-0.05, 0) is 25.8 Å². The van der Waals surface area contributed by atoms with E-state index in [-0.39, 0.29) is 5.56 Å². The van der Waals surface area contributed by atoms with Crippen molar-refractivity contribution in [2.45, 2.75) is 39.2 Å². The van der Waals surface area contributed by atoms with E-state index in [1.54, 1.807) is 0 Å². The second kappa shape index (κ2) is 4.57. The lowest BCUT2D eigenvalue weighted by Crippen LogP contribution is -2.23. The highest BCUT2D eigenvalue weighted by Gasteiger charge is 2.13. The highest BCUT2D eigenvalue weighted by atomic mass is 16.1. The molecule has 0 fully saturated rings. The summed E-state index contributed by atoms with van der Waals surface area (Å²) in [6.07, 6.45) is 3.86. The largest absolute Gasteiger partial charge is 0.312 e. The Kier molecular flexibility index (Phi) is 3.16. The predicted octanol–water partition coefficient (Wildman–Crippen LogP) is 0.758. The third-order valence-corrected chi connectivity index (χ3v) is 2.71. The monoisotopic (exact) mass is 207 g/mol. The third-order valence-electron chi connectivity index (χ3n) is 2.71. The summed E-state index contributed by atoms with van der Waals surface area (Å²) in [5, 5.41) is 3.24. The van der Waals surface area contributed by atoms with Crippen molar-refractivity contribution in [1.82, 2.24) is 15.3 Å². The second-order valence-electron chi connectivity index (χ2n) is 3.97. The van der Waals surface area contributed by atoms with E-state index in [9.17, 15) is 4.79 Å². The fourth-order valence-corrected chi connectivity index (χ4v) is 1.93. The number of H-pyrrole nitrogens is 1. The average Bonchev–Trinajstić information content (AvgIpc) is 2.43. The Morgan fingerprint density at radius 2 is 2.33 bits per heavy atom. The van der Waals surface area contributed by atoms with E-state index >= 15 is 0 Å². The standard InChI is InChI=1S/C11H17N3O/c1-2-4-10-13-9-5-3-6-12-7-8(9)11(15)14-10/h12H,2-7H2,1H3,(H,13,14,15). The summed E-state index contributed by atoms with van der Waals surface area (Å²) >= 11 is 0. The molecule has 0 saturated carbocycles. The summed E-state index contributed by atoms with van der Waals surface area (Å²) in [6.45, 7) is 3.72. The van der Waals surface area contributed by atoms with E-state index in [1.807, 2.05) is 0 Å². The lowest BCUT2D eigenvalue weighted by Gasteiger charge is -2.06. The van der Waals surface area contributed by atoms with Crippen LogP contribution in [0.4, 0.5) is 0 Å². The van der Waals surface area contributed by atoms with Crippen molar-refractivity contribution in [2.75, 3.05) is 6.54 Å². The molecule has 1 aromatic rings. The fourth-order valence-electron chi connectivity index (χ4n) is 1.93. The molecule has 0 spiro atoms. The first-order valence-corrected chi connectivity index (χ1v) is 5.63. The molecule has 0 aromatic carbocycles. The summed E-state index contributed by atoms with van der Waals surface area (Å²) in [4.78, 5) is 19.2. The Bertz CT molecular complexity index is 397. The van der Waals surface area contributed by atoms with Crippen LogP contribution in [0.1, 0.15) is 36.8 Å². The summed E-state index contributed by atoms with van der Waals surface area (Å²) in [5.74, 6) is 0.836. The van der Waals surface area contributed by atoms with Crippen LogP contribution >= 0.6 is 0 Å². The second-order valence-corrected chi connectivity index (χ2v) is 3.97. The maximum Gasteiger partial charge on any atom is 0.255 e. The molecule has 0 amide bonds. The number of hydrogen-bond donors (Lipinski definition) is 2. The van der Waals surface area contributed by atoms with Crippen LogP contribution in [0.3, 0.4) is 0 Å². The lowest BCUT2D eigenvalue weighted by molar-refractivity contribution is 0.678. The number of rotatable bonds is 2. The maximum atomic E-state index is 11.8. The Morgan fingerprint density at radius 3 is 3.13 bits per heavy atom. The molecular weight excluding hydrogens is 190 g/mol. The first-order valence-electron chi connectivity index (χ1n) is 5.63.